The van der Waals surface area contributed by atoms with Gasteiger partial charge < -0.3 is 5.73 Å². The Morgan fingerprint density at radius 2 is 1.75 bits per heavy atom. The first-order chi connectivity index (χ1) is 9.78. The molecule has 1 aliphatic rings. The minimum Gasteiger partial charge on any atom is -0.329 e. The summed E-state index contributed by atoms with van der Waals surface area (Å²) in [6.07, 6.45) is 2.25. The highest BCUT2D eigenvalue weighted by atomic mass is 79.9. The number of nitrogens with two attached hydrogens (primary N) is 1. The van der Waals surface area contributed by atoms with E-state index in [0.717, 1.165) is 25.9 Å². The van der Waals surface area contributed by atoms with Gasteiger partial charge in [-0.1, -0.05) is 24.3 Å². The molecule has 1 aliphatic heterocycles. The summed E-state index contributed by atoms with van der Waals surface area (Å²) in [6.45, 7) is 2.87. The third-order valence-electron chi connectivity index (χ3n) is 4.04. The molecule has 2 nitrogen and oxygen atoms in total. The molecular formula is C16H19BrN2S. The summed E-state index contributed by atoms with van der Waals surface area (Å²) in [6, 6.07) is 13.5. The van der Waals surface area contributed by atoms with Crippen molar-refractivity contribution in [1.82, 2.24) is 4.90 Å². The van der Waals surface area contributed by atoms with Crippen molar-refractivity contribution < 1.29 is 0 Å². The van der Waals surface area contributed by atoms with Crippen molar-refractivity contribution in [3.05, 3.63) is 56.2 Å². The van der Waals surface area contributed by atoms with E-state index in [2.05, 4.69) is 57.2 Å². The standard InChI is InChI=1S/C16H19BrN2S/c17-16-6-5-15(20-16)14(11-18)19-9-7-12-3-1-2-4-13(12)8-10-19/h1-6,14H,7-11,18H2. The molecule has 1 aromatic heterocycles. The Balaban J connectivity index is 1.78. The molecule has 2 N–H and O–H groups in total. The summed E-state index contributed by atoms with van der Waals surface area (Å²) in [5.74, 6) is 0. The number of fused-ring (bicyclic) bond motifs is 1. The Labute approximate surface area is 132 Å². The summed E-state index contributed by atoms with van der Waals surface area (Å²) < 4.78 is 1.18. The van der Waals surface area contributed by atoms with Crippen molar-refractivity contribution in [1.29, 1.82) is 0 Å². The first-order valence-electron chi connectivity index (χ1n) is 7.04. The van der Waals surface area contributed by atoms with Gasteiger partial charge in [-0.3, -0.25) is 4.90 Å². The number of hydrogen-bond donors (Lipinski definition) is 1. The van der Waals surface area contributed by atoms with Gasteiger partial charge in [-0.2, -0.15) is 0 Å². The smallest absolute Gasteiger partial charge is 0.0702 e. The highest BCUT2D eigenvalue weighted by molar-refractivity contribution is 9.11. The lowest BCUT2D eigenvalue weighted by atomic mass is 10.0. The van der Waals surface area contributed by atoms with Gasteiger partial charge in [0, 0.05) is 24.5 Å². The zero-order valence-corrected chi connectivity index (χ0v) is 13.8. The van der Waals surface area contributed by atoms with Gasteiger partial charge >= 0.3 is 0 Å². The molecule has 0 amide bonds. The van der Waals surface area contributed by atoms with E-state index in [-0.39, 0.29) is 0 Å². The van der Waals surface area contributed by atoms with Crippen LogP contribution in [0.25, 0.3) is 0 Å². The fourth-order valence-corrected chi connectivity index (χ4v) is 4.52. The highest BCUT2D eigenvalue weighted by Crippen LogP contribution is 2.31. The molecule has 0 saturated heterocycles. The van der Waals surface area contributed by atoms with E-state index >= 15 is 0 Å². The molecular weight excluding hydrogens is 332 g/mol. The van der Waals surface area contributed by atoms with Crippen LogP contribution in [0.1, 0.15) is 22.0 Å². The van der Waals surface area contributed by atoms with Crippen LogP contribution in [0.5, 0.6) is 0 Å². The molecule has 0 spiro atoms. The van der Waals surface area contributed by atoms with E-state index in [4.69, 9.17) is 5.73 Å². The van der Waals surface area contributed by atoms with Gasteiger partial charge in [-0.05, 0) is 52.0 Å². The molecule has 1 atom stereocenters. The molecule has 0 saturated carbocycles. The number of hydrogen-bond acceptors (Lipinski definition) is 3. The minimum atomic E-state index is 0.348. The predicted molar refractivity (Wildman–Crippen MR) is 89.2 cm³/mol. The van der Waals surface area contributed by atoms with Crippen LogP contribution in [0.2, 0.25) is 0 Å². The molecule has 20 heavy (non-hydrogen) atoms. The topological polar surface area (TPSA) is 29.3 Å². The van der Waals surface area contributed by atoms with E-state index in [1.54, 1.807) is 11.3 Å². The van der Waals surface area contributed by atoms with Crippen molar-refractivity contribution in [2.75, 3.05) is 19.6 Å². The molecule has 106 valence electrons. The maximum absolute atomic E-state index is 6.05. The first-order valence-corrected chi connectivity index (χ1v) is 8.65. The predicted octanol–water partition coefficient (Wildman–Crippen LogP) is 3.61. The molecule has 0 radical (unpaired) electrons. The average molecular weight is 351 g/mol. The van der Waals surface area contributed by atoms with Gasteiger partial charge in [0.1, 0.15) is 0 Å². The molecule has 0 fully saturated rings. The Morgan fingerprint density at radius 3 is 2.25 bits per heavy atom. The largest absolute Gasteiger partial charge is 0.329 e. The lowest BCUT2D eigenvalue weighted by Gasteiger charge is -2.28. The van der Waals surface area contributed by atoms with E-state index in [9.17, 15) is 0 Å². The fourth-order valence-electron chi connectivity index (χ4n) is 2.95. The van der Waals surface area contributed by atoms with Crippen molar-refractivity contribution >= 4 is 27.3 Å². The summed E-state index contributed by atoms with van der Waals surface area (Å²) in [5.41, 5.74) is 9.05. The monoisotopic (exact) mass is 350 g/mol. The molecule has 1 unspecified atom stereocenters. The van der Waals surface area contributed by atoms with Crippen LogP contribution < -0.4 is 5.73 Å². The molecule has 0 bridgehead atoms. The SMILES string of the molecule is NCC(c1ccc(Br)s1)N1CCc2ccccc2CC1. The Kier molecular flexibility index (Phi) is 4.56. The van der Waals surface area contributed by atoms with Crippen LogP contribution in [0.4, 0.5) is 0 Å². The zero-order valence-electron chi connectivity index (χ0n) is 11.4. The quantitative estimate of drug-likeness (QED) is 0.915. The molecule has 2 aromatic rings. The van der Waals surface area contributed by atoms with Crippen LogP contribution in [-0.2, 0) is 12.8 Å². The van der Waals surface area contributed by atoms with Gasteiger partial charge in [0.2, 0.25) is 0 Å². The van der Waals surface area contributed by atoms with Crippen LogP contribution in [0.15, 0.2) is 40.2 Å². The van der Waals surface area contributed by atoms with Crippen LogP contribution in [0, 0.1) is 0 Å². The van der Waals surface area contributed by atoms with Gasteiger partial charge in [-0.25, -0.2) is 0 Å². The van der Waals surface area contributed by atoms with Crippen LogP contribution in [-0.4, -0.2) is 24.5 Å². The summed E-state index contributed by atoms with van der Waals surface area (Å²) in [4.78, 5) is 3.91. The van der Waals surface area contributed by atoms with Crippen LogP contribution in [0.3, 0.4) is 0 Å². The molecule has 2 heterocycles. The first kappa shape index (κ1) is 14.3. The van der Waals surface area contributed by atoms with Gasteiger partial charge in [0.15, 0.2) is 0 Å². The Morgan fingerprint density at radius 1 is 1.10 bits per heavy atom. The number of halogens is 1. The summed E-state index contributed by atoms with van der Waals surface area (Å²) >= 11 is 5.35. The van der Waals surface area contributed by atoms with Crippen molar-refractivity contribution in [2.45, 2.75) is 18.9 Å². The fraction of sp³-hybridized carbons (Fsp3) is 0.375. The van der Waals surface area contributed by atoms with Crippen molar-refractivity contribution in [2.24, 2.45) is 5.73 Å². The number of benzene rings is 1. The van der Waals surface area contributed by atoms with Gasteiger partial charge in [0.05, 0.1) is 9.83 Å². The lowest BCUT2D eigenvalue weighted by molar-refractivity contribution is 0.214. The van der Waals surface area contributed by atoms with E-state index in [0.29, 0.717) is 12.6 Å². The second-order valence-corrected chi connectivity index (χ2v) is 7.69. The lowest BCUT2D eigenvalue weighted by Crippen LogP contribution is -2.35. The zero-order chi connectivity index (χ0) is 13.9. The summed E-state index contributed by atoms with van der Waals surface area (Å²) in [7, 11) is 0. The number of thiophene rings is 1. The number of rotatable bonds is 3. The van der Waals surface area contributed by atoms with E-state index in [1.165, 1.54) is 19.8 Å². The molecule has 1 aromatic carbocycles. The Bertz CT molecular complexity index is 554. The summed E-state index contributed by atoms with van der Waals surface area (Å²) in [5, 5.41) is 0. The third-order valence-corrected chi connectivity index (χ3v) is 5.77. The van der Waals surface area contributed by atoms with Gasteiger partial charge in [0.25, 0.3) is 0 Å². The van der Waals surface area contributed by atoms with Crippen LogP contribution >= 0.6 is 27.3 Å². The Hall–Kier alpha value is -0.680. The normalized spacial score (nSPS) is 17.5. The highest BCUT2D eigenvalue weighted by Gasteiger charge is 2.23. The molecule has 3 rings (SSSR count). The van der Waals surface area contributed by atoms with E-state index < -0.39 is 0 Å². The maximum Gasteiger partial charge on any atom is 0.0702 e. The van der Waals surface area contributed by atoms with Crippen molar-refractivity contribution in [3.63, 3.8) is 0 Å². The second kappa shape index (κ2) is 6.39. The molecule has 0 aliphatic carbocycles. The minimum absolute atomic E-state index is 0.348. The maximum atomic E-state index is 6.05. The van der Waals surface area contributed by atoms with E-state index in [1.807, 2.05) is 0 Å². The average Bonchev–Trinajstić information content (AvgIpc) is 2.77. The van der Waals surface area contributed by atoms with Gasteiger partial charge in [-0.15, -0.1) is 11.3 Å². The van der Waals surface area contributed by atoms with Crippen molar-refractivity contribution in [3.8, 4) is 0 Å². The second-order valence-electron chi connectivity index (χ2n) is 5.20. The number of nitrogens with zero attached hydrogens (tertiary/aromatic N) is 1. The third kappa shape index (κ3) is 2.98. The molecule has 4 heteroatoms.